The first-order valence-corrected chi connectivity index (χ1v) is 10.1. The highest BCUT2D eigenvalue weighted by Crippen LogP contribution is 2.36. The van der Waals surface area contributed by atoms with Crippen molar-refractivity contribution in [3.05, 3.63) is 38.9 Å². The first-order chi connectivity index (χ1) is 12.6. The van der Waals surface area contributed by atoms with Crippen molar-refractivity contribution >= 4 is 29.0 Å². The molecule has 1 saturated carbocycles. The number of hydrogen-bond acceptors (Lipinski definition) is 3. The Kier molecular flexibility index (Phi) is 4.69. The van der Waals surface area contributed by atoms with Gasteiger partial charge < -0.3 is 9.88 Å². The molecule has 0 spiro atoms. The van der Waals surface area contributed by atoms with E-state index < -0.39 is 0 Å². The van der Waals surface area contributed by atoms with Gasteiger partial charge in [-0.05, 0) is 62.0 Å². The van der Waals surface area contributed by atoms with Gasteiger partial charge in [0.15, 0.2) is 4.77 Å². The Balaban J connectivity index is 1.63. The number of carbonyl (C=O) groups is 1. The van der Waals surface area contributed by atoms with Crippen molar-refractivity contribution in [2.24, 2.45) is 11.8 Å². The average Bonchev–Trinajstić information content (AvgIpc) is 2.67. The van der Waals surface area contributed by atoms with Crippen LogP contribution < -0.4 is 5.56 Å². The normalized spacial score (nSPS) is 23.0. The Morgan fingerprint density at radius 3 is 2.77 bits per heavy atom. The van der Waals surface area contributed by atoms with Crippen LogP contribution in [0.15, 0.2) is 23.0 Å². The Bertz CT molecular complexity index is 962. The van der Waals surface area contributed by atoms with Gasteiger partial charge in [0.2, 0.25) is 0 Å². The van der Waals surface area contributed by atoms with Gasteiger partial charge in [0.1, 0.15) is 0 Å². The molecular formula is C20H25N3O2S. The van der Waals surface area contributed by atoms with Crippen molar-refractivity contribution in [3.63, 3.8) is 0 Å². The maximum atomic E-state index is 13.0. The molecular weight excluding hydrogens is 346 g/mol. The highest BCUT2D eigenvalue weighted by Gasteiger charge is 2.33. The zero-order valence-corrected chi connectivity index (χ0v) is 16.0. The zero-order chi connectivity index (χ0) is 18.3. The molecule has 1 N–H and O–H groups in total. The quantitative estimate of drug-likeness (QED) is 0.819. The van der Waals surface area contributed by atoms with Crippen molar-refractivity contribution in [1.29, 1.82) is 0 Å². The number of likely N-dealkylation sites (tertiary alicyclic amines) is 1. The van der Waals surface area contributed by atoms with Gasteiger partial charge in [0.05, 0.1) is 10.9 Å². The third-order valence-corrected chi connectivity index (χ3v) is 6.45. The van der Waals surface area contributed by atoms with Crippen LogP contribution in [-0.4, -0.2) is 33.4 Å². The lowest BCUT2D eigenvalue weighted by atomic mass is 9.75. The molecule has 2 atom stereocenters. The van der Waals surface area contributed by atoms with Crippen LogP contribution in [0.3, 0.4) is 0 Å². The summed E-state index contributed by atoms with van der Waals surface area (Å²) >= 11 is 5.28. The van der Waals surface area contributed by atoms with E-state index in [1.165, 1.54) is 30.3 Å². The summed E-state index contributed by atoms with van der Waals surface area (Å²) in [4.78, 5) is 30.6. The summed E-state index contributed by atoms with van der Waals surface area (Å²) in [6.45, 7) is 4.13. The van der Waals surface area contributed by atoms with Gasteiger partial charge in [-0.2, -0.15) is 0 Å². The number of benzene rings is 1. The molecule has 1 amide bonds. The van der Waals surface area contributed by atoms with Crippen LogP contribution in [0.5, 0.6) is 0 Å². The Hall–Kier alpha value is -1.95. The number of piperidine rings is 1. The van der Waals surface area contributed by atoms with E-state index in [-0.39, 0.29) is 11.5 Å². The molecule has 1 saturated heterocycles. The molecule has 2 aliphatic rings. The monoisotopic (exact) mass is 371 g/mol. The lowest BCUT2D eigenvalue weighted by Crippen LogP contribution is -2.44. The second-order valence-electron chi connectivity index (χ2n) is 7.58. The van der Waals surface area contributed by atoms with Crippen molar-refractivity contribution in [2.45, 2.75) is 45.6 Å². The van der Waals surface area contributed by atoms with Gasteiger partial charge >= 0.3 is 0 Å². The van der Waals surface area contributed by atoms with E-state index in [0.29, 0.717) is 33.7 Å². The van der Waals surface area contributed by atoms with Gasteiger partial charge in [-0.1, -0.05) is 19.3 Å². The largest absolute Gasteiger partial charge is 0.338 e. The summed E-state index contributed by atoms with van der Waals surface area (Å²) in [5, 5.41) is 0.572. The highest BCUT2D eigenvalue weighted by atomic mass is 32.1. The number of nitrogens with one attached hydrogen (secondary N) is 1. The smallest absolute Gasteiger partial charge is 0.262 e. The van der Waals surface area contributed by atoms with Gasteiger partial charge in [-0.3, -0.25) is 14.2 Å². The van der Waals surface area contributed by atoms with Crippen LogP contribution in [0.4, 0.5) is 0 Å². The maximum Gasteiger partial charge on any atom is 0.262 e. The lowest BCUT2D eigenvalue weighted by Gasteiger charge is -2.41. The summed E-state index contributed by atoms with van der Waals surface area (Å²) in [5.74, 6) is 1.52. The summed E-state index contributed by atoms with van der Waals surface area (Å²) in [5.41, 5.74) is 1.17. The maximum absolute atomic E-state index is 13.0. The molecule has 2 aromatic rings. The Morgan fingerprint density at radius 1 is 1.23 bits per heavy atom. The molecule has 2 fully saturated rings. The van der Waals surface area contributed by atoms with E-state index in [9.17, 15) is 9.59 Å². The molecule has 0 unspecified atom stereocenters. The van der Waals surface area contributed by atoms with Crippen molar-refractivity contribution < 1.29 is 4.79 Å². The van der Waals surface area contributed by atoms with Gasteiger partial charge in [-0.15, -0.1) is 0 Å². The lowest BCUT2D eigenvalue weighted by molar-refractivity contribution is 0.0521. The topological polar surface area (TPSA) is 58.1 Å². The molecule has 1 aliphatic heterocycles. The number of hydrogen-bond donors (Lipinski definition) is 1. The number of aromatic amines is 1. The second-order valence-corrected chi connectivity index (χ2v) is 7.97. The molecule has 5 nitrogen and oxygen atoms in total. The molecule has 4 rings (SSSR count). The first-order valence-electron chi connectivity index (χ1n) is 9.64. The van der Waals surface area contributed by atoms with Crippen LogP contribution in [0.2, 0.25) is 0 Å². The summed E-state index contributed by atoms with van der Waals surface area (Å²) < 4.78 is 1.94. The van der Waals surface area contributed by atoms with Crippen molar-refractivity contribution in [2.75, 3.05) is 13.1 Å². The third-order valence-electron chi connectivity index (χ3n) is 6.12. The summed E-state index contributed by atoms with van der Waals surface area (Å²) in [6.07, 6.45) is 6.32. The molecule has 0 bridgehead atoms. The third kappa shape index (κ3) is 3.00. The number of rotatable bonds is 2. The highest BCUT2D eigenvalue weighted by molar-refractivity contribution is 7.71. The molecule has 0 radical (unpaired) electrons. The molecule has 2 heterocycles. The minimum absolute atomic E-state index is 0.0647. The predicted molar refractivity (Wildman–Crippen MR) is 105 cm³/mol. The predicted octanol–water partition coefficient (Wildman–Crippen LogP) is 3.73. The zero-order valence-electron chi connectivity index (χ0n) is 15.2. The fourth-order valence-electron chi connectivity index (χ4n) is 4.64. The summed E-state index contributed by atoms with van der Waals surface area (Å²) in [6, 6.07) is 5.30. The molecule has 1 aromatic carbocycles. The second kappa shape index (κ2) is 6.99. The van der Waals surface area contributed by atoms with E-state index in [4.69, 9.17) is 12.2 Å². The average molecular weight is 372 g/mol. The van der Waals surface area contributed by atoms with Crippen molar-refractivity contribution in [3.8, 4) is 0 Å². The molecule has 6 heteroatoms. The van der Waals surface area contributed by atoms with Crippen LogP contribution in [0, 0.1) is 16.6 Å². The number of carbonyl (C=O) groups excluding carboxylic acids is 1. The first kappa shape index (κ1) is 17.5. The Morgan fingerprint density at radius 2 is 2.00 bits per heavy atom. The molecule has 26 heavy (non-hydrogen) atoms. The van der Waals surface area contributed by atoms with Crippen LogP contribution in [-0.2, 0) is 6.54 Å². The Labute approximate surface area is 158 Å². The van der Waals surface area contributed by atoms with E-state index >= 15 is 0 Å². The summed E-state index contributed by atoms with van der Waals surface area (Å²) in [7, 11) is 0. The van der Waals surface area contributed by atoms with Gasteiger partial charge in [0.25, 0.3) is 11.5 Å². The van der Waals surface area contributed by atoms with E-state index in [2.05, 4.69) is 4.98 Å². The fraction of sp³-hybridized carbons (Fsp3) is 0.550. The van der Waals surface area contributed by atoms with Gasteiger partial charge in [-0.25, -0.2) is 0 Å². The number of nitrogens with zero attached hydrogens (tertiary/aromatic N) is 2. The van der Waals surface area contributed by atoms with E-state index in [0.717, 1.165) is 25.4 Å². The fourth-order valence-corrected chi connectivity index (χ4v) is 4.96. The molecule has 1 aromatic heterocycles. The molecule has 138 valence electrons. The van der Waals surface area contributed by atoms with Crippen LogP contribution in [0.1, 0.15) is 49.4 Å². The number of fused-ring (bicyclic) bond motifs is 2. The standard InChI is InChI=1S/C20H25N3O2S/c1-2-23-19(25)16-8-7-14(11-17(16)21-20(23)26)18(24)22-10-9-13-5-3-4-6-15(13)12-22/h7-8,11,13,15H,2-6,9-10,12H2,1H3,(H,21,26)/t13-,15+/m1/s1. The van der Waals surface area contributed by atoms with E-state index in [1.807, 2.05) is 11.8 Å². The van der Waals surface area contributed by atoms with E-state index in [1.54, 1.807) is 18.2 Å². The number of H-pyrrole nitrogens is 1. The number of amides is 1. The molecule has 1 aliphatic carbocycles. The van der Waals surface area contributed by atoms with Crippen molar-refractivity contribution in [1.82, 2.24) is 14.5 Å². The minimum atomic E-state index is -0.103. The van der Waals surface area contributed by atoms with Gasteiger partial charge in [0, 0.05) is 25.2 Å². The van der Waals surface area contributed by atoms with Crippen LogP contribution in [0.25, 0.3) is 10.9 Å². The van der Waals surface area contributed by atoms with Crippen LogP contribution >= 0.6 is 12.2 Å². The number of aromatic nitrogens is 2. The SMILES string of the molecule is CCn1c(=S)[nH]c2cc(C(=O)N3CC[C@H]4CCCC[C@H]4C3)ccc2c1=O. The minimum Gasteiger partial charge on any atom is -0.338 e.